The number of nitrogens with one attached hydrogen (secondary N) is 1. The molecule has 0 aliphatic heterocycles. The van der Waals surface area contributed by atoms with E-state index in [9.17, 15) is 9.90 Å². The van der Waals surface area contributed by atoms with Gasteiger partial charge in [0, 0.05) is 11.8 Å². The van der Waals surface area contributed by atoms with Gasteiger partial charge in [-0.1, -0.05) is 12.5 Å². The first-order chi connectivity index (χ1) is 13.1. The number of carbonyl (C=O) groups excluding carboxylic acids is 1. The van der Waals surface area contributed by atoms with Crippen LogP contribution in [-0.4, -0.2) is 27.1 Å². The highest BCUT2D eigenvalue weighted by atomic mass is 32.1. The van der Waals surface area contributed by atoms with E-state index in [1.165, 1.54) is 24.1 Å². The molecule has 0 spiro atoms. The molecule has 140 valence electrons. The predicted molar refractivity (Wildman–Crippen MR) is 106 cm³/mol. The van der Waals surface area contributed by atoms with Crippen molar-refractivity contribution in [2.24, 2.45) is 0 Å². The first-order valence-electron chi connectivity index (χ1n) is 9.13. The van der Waals surface area contributed by atoms with Crippen LogP contribution in [0.4, 0.5) is 11.5 Å². The fourth-order valence-electron chi connectivity index (χ4n) is 3.47. The van der Waals surface area contributed by atoms with Crippen molar-refractivity contribution in [3.8, 4) is 5.75 Å². The lowest BCUT2D eigenvalue weighted by Crippen LogP contribution is -2.20. The SMILES string of the molecule is Cc1c(C(=O)OC2CCCCC2)sc2ncnc(Nc3cccc(O)c3)c12. The van der Waals surface area contributed by atoms with Crippen LogP contribution in [0.5, 0.6) is 5.75 Å². The number of rotatable bonds is 4. The van der Waals surface area contributed by atoms with Gasteiger partial charge in [-0.3, -0.25) is 0 Å². The summed E-state index contributed by atoms with van der Waals surface area (Å²) in [4.78, 5) is 22.7. The number of fused-ring (bicyclic) bond motifs is 1. The number of benzene rings is 1. The first kappa shape index (κ1) is 17.7. The molecule has 7 heteroatoms. The molecule has 27 heavy (non-hydrogen) atoms. The molecule has 0 amide bonds. The van der Waals surface area contributed by atoms with Crippen molar-refractivity contribution < 1.29 is 14.6 Å². The Kier molecular flexibility index (Phi) is 4.94. The molecule has 1 aromatic carbocycles. The molecule has 0 bridgehead atoms. The summed E-state index contributed by atoms with van der Waals surface area (Å²) in [6.45, 7) is 1.90. The van der Waals surface area contributed by atoms with Gasteiger partial charge in [0.2, 0.25) is 0 Å². The summed E-state index contributed by atoms with van der Waals surface area (Å²) < 4.78 is 5.73. The lowest BCUT2D eigenvalue weighted by atomic mass is 9.98. The third-order valence-corrected chi connectivity index (χ3v) is 6.03. The van der Waals surface area contributed by atoms with E-state index in [1.54, 1.807) is 18.2 Å². The van der Waals surface area contributed by atoms with Crippen LogP contribution in [0.25, 0.3) is 10.2 Å². The van der Waals surface area contributed by atoms with Crippen LogP contribution in [-0.2, 0) is 4.74 Å². The molecule has 2 aromatic heterocycles. The Morgan fingerprint density at radius 1 is 1.26 bits per heavy atom. The number of aryl methyl sites for hydroxylation is 1. The van der Waals surface area contributed by atoms with Gasteiger partial charge >= 0.3 is 5.97 Å². The van der Waals surface area contributed by atoms with E-state index in [4.69, 9.17) is 4.74 Å². The van der Waals surface area contributed by atoms with Crippen LogP contribution < -0.4 is 5.32 Å². The Labute approximate surface area is 161 Å². The molecule has 0 unspecified atom stereocenters. The number of hydrogen-bond donors (Lipinski definition) is 2. The first-order valence-corrected chi connectivity index (χ1v) is 9.94. The van der Waals surface area contributed by atoms with Gasteiger partial charge in [0.1, 0.15) is 33.7 Å². The summed E-state index contributed by atoms with van der Waals surface area (Å²) in [5, 5.41) is 13.7. The van der Waals surface area contributed by atoms with Crippen molar-refractivity contribution in [2.75, 3.05) is 5.32 Å². The second-order valence-electron chi connectivity index (χ2n) is 6.80. The maximum absolute atomic E-state index is 12.7. The van der Waals surface area contributed by atoms with E-state index in [-0.39, 0.29) is 17.8 Å². The van der Waals surface area contributed by atoms with E-state index in [1.807, 2.05) is 13.0 Å². The lowest BCUT2D eigenvalue weighted by Gasteiger charge is -2.21. The third kappa shape index (κ3) is 3.73. The number of esters is 1. The van der Waals surface area contributed by atoms with Crippen molar-refractivity contribution in [2.45, 2.75) is 45.1 Å². The van der Waals surface area contributed by atoms with Gasteiger partial charge in [-0.05, 0) is 50.3 Å². The lowest BCUT2D eigenvalue weighted by molar-refractivity contribution is 0.0216. The van der Waals surface area contributed by atoms with Gasteiger partial charge in [0.15, 0.2) is 0 Å². The Morgan fingerprint density at radius 3 is 2.85 bits per heavy atom. The number of aromatic hydroxyl groups is 1. The minimum atomic E-state index is -0.272. The van der Waals surface area contributed by atoms with Crippen molar-refractivity contribution in [3.63, 3.8) is 0 Å². The van der Waals surface area contributed by atoms with Crippen LogP contribution in [0.1, 0.15) is 47.3 Å². The number of thiophene rings is 1. The van der Waals surface area contributed by atoms with Crippen LogP contribution in [0.3, 0.4) is 0 Å². The van der Waals surface area contributed by atoms with Gasteiger partial charge in [-0.15, -0.1) is 11.3 Å². The second kappa shape index (κ2) is 7.52. The number of phenolic OH excluding ortho intramolecular Hbond substituents is 1. The predicted octanol–water partition coefficient (Wildman–Crippen LogP) is 4.94. The van der Waals surface area contributed by atoms with Gasteiger partial charge in [-0.2, -0.15) is 0 Å². The quantitative estimate of drug-likeness (QED) is 0.621. The molecule has 0 saturated heterocycles. The maximum Gasteiger partial charge on any atom is 0.348 e. The molecule has 1 fully saturated rings. The zero-order valence-electron chi connectivity index (χ0n) is 15.1. The van der Waals surface area contributed by atoms with Crippen molar-refractivity contribution >= 4 is 39.0 Å². The Balaban J connectivity index is 1.64. The van der Waals surface area contributed by atoms with Crippen LogP contribution >= 0.6 is 11.3 Å². The summed E-state index contributed by atoms with van der Waals surface area (Å²) in [5.74, 6) is 0.505. The molecule has 3 aromatic rings. The van der Waals surface area contributed by atoms with E-state index in [2.05, 4.69) is 15.3 Å². The Bertz CT molecular complexity index is 980. The molecular formula is C20H21N3O3S. The normalized spacial score (nSPS) is 15.0. The van der Waals surface area contributed by atoms with E-state index in [0.29, 0.717) is 16.4 Å². The zero-order chi connectivity index (χ0) is 18.8. The molecule has 0 atom stereocenters. The van der Waals surface area contributed by atoms with Crippen molar-refractivity contribution in [3.05, 3.63) is 41.0 Å². The summed E-state index contributed by atoms with van der Waals surface area (Å²) >= 11 is 1.33. The minimum absolute atomic E-state index is 0.0202. The fourth-order valence-corrected chi connectivity index (χ4v) is 4.50. The maximum atomic E-state index is 12.7. The largest absolute Gasteiger partial charge is 0.508 e. The van der Waals surface area contributed by atoms with E-state index in [0.717, 1.165) is 41.5 Å². The smallest absolute Gasteiger partial charge is 0.348 e. The summed E-state index contributed by atoms with van der Waals surface area (Å²) in [7, 11) is 0. The summed E-state index contributed by atoms with van der Waals surface area (Å²) in [5.41, 5.74) is 1.53. The Hall–Kier alpha value is -2.67. The molecule has 1 aliphatic carbocycles. The highest BCUT2D eigenvalue weighted by Crippen LogP contribution is 2.35. The number of ether oxygens (including phenoxy) is 1. The van der Waals surface area contributed by atoms with Crippen LogP contribution in [0.2, 0.25) is 0 Å². The van der Waals surface area contributed by atoms with E-state index >= 15 is 0 Å². The van der Waals surface area contributed by atoms with Gasteiger partial charge in [0.05, 0.1) is 5.39 Å². The number of carbonyl (C=O) groups is 1. The van der Waals surface area contributed by atoms with Crippen molar-refractivity contribution in [1.29, 1.82) is 0 Å². The third-order valence-electron chi connectivity index (χ3n) is 4.85. The van der Waals surface area contributed by atoms with Crippen LogP contribution in [0.15, 0.2) is 30.6 Å². The molecule has 0 radical (unpaired) electrons. The number of aromatic nitrogens is 2. The van der Waals surface area contributed by atoms with Crippen LogP contribution in [0, 0.1) is 6.92 Å². The van der Waals surface area contributed by atoms with Gasteiger partial charge in [-0.25, -0.2) is 14.8 Å². The van der Waals surface area contributed by atoms with Crippen molar-refractivity contribution in [1.82, 2.24) is 9.97 Å². The monoisotopic (exact) mass is 383 g/mol. The number of phenols is 1. The molecule has 2 heterocycles. The fraction of sp³-hybridized carbons (Fsp3) is 0.350. The molecule has 2 N–H and O–H groups in total. The summed E-state index contributed by atoms with van der Waals surface area (Å²) in [6, 6.07) is 6.82. The van der Waals surface area contributed by atoms with E-state index < -0.39 is 0 Å². The number of anilines is 2. The molecule has 1 saturated carbocycles. The number of hydrogen-bond acceptors (Lipinski definition) is 7. The van der Waals surface area contributed by atoms with Gasteiger partial charge < -0.3 is 15.2 Å². The highest BCUT2D eigenvalue weighted by Gasteiger charge is 2.24. The standard InChI is InChI=1S/C20H21N3O3S/c1-12-16-18(23-13-6-5-7-14(24)10-13)21-11-22-19(16)27-17(12)20(25)26-15-8-3-2-4-9-15/h5-7,10-11,15,24H,2-4,8-9H2,1H3,(H,21,22,23). The molecule has 4 rings (SSSR count). The number of nitrogens with zero attached hydrogens (tertiary/aromatic N) is 2. The zero-order valence-corrected chi connectivity index (χ0v) is 15.9. The minimum Gasteiger partial charge on any atom is -0.508 e. The molecular weight excluding hydrogens is 362 g/mol. The topological polar surface area (TPSA) is 84.3 Å². The average molecular weight is 383 g/mol. The summed E-state index contributed by atoms with van der Waals surface area (Å²) in [6.07, 6.45) is 6.83. The van der Waals surface area contributed by atoms with Gasteiger partial charge in [0.25, 0.3) is 0 Å². The second-order valence-corrected chi connectivity index (χ2v) is 7.80. The molecule has 6 nitrogen and oxygen atoms in total. The highest BCUT2D eigenvalue weighted by molar-refractivity contribution is 7.20. The Morgan fingerprint density at radius 2 is 2.07 bits per heavy atom. The average Bonchev–Trinajstić information content (AvgIpc) is 3.00. The molecule has 1 aliphatic rings.